The minimum atomic E-state index is 0.666. The van der Waals surface area contributed by atoms with E-state index in [-0.39, 0.29) is 0 Å². The summed E-state index contributed by atoms with van der Waals surface area (Å²) in [5.41, 5.74) is 4.11. The topological polar surface area (TPSA) is 39.1 Å². The molecule has 0 aliphatic carbocycles. The van der Waals surface area contributed by atoms with Gasteiger partial charge in [0.2, 0.25) is 0 Å². The number of anilines is 1. The molecule has 0 spiro atoms. The molecule has 3 rings (SSSR count). The van der Waals surface area contributed by atoms with Gasteiger partial charge >= 0.3 is 0 Å². The maximum atomic E-state index is 5.64. The number of aromatic nitrogens is 2. The first-order chi connectivity index (χ1) is 12.3. The first-order valence-electron chi connectivity index (χ1n) is 8.64. The summed E-state index contributed by atoms with van der Waals surface area (Å²) in [4.78, 5) is 4.68. The molecule has 2 aromatic carbocycles. The van der Waals surface area contributed by atoms with Gasteiger partial charge in [0.05, 0.1) is 17.6 Å². The number of rotatable bonds is 6. The molecule has 1 heterocycles. The predicted molar refractivity (Wildman–Crippen MR) is 103 cm³/mol. The monoisotopic (exact) mass is 333 g/mol. The van der Waals surface area contributed by atoms with Crippen LogP contribution in [0.4, 0.5) is 5.69 Å². The molecule has 4 nitrogen and oxygen atoms in total. The Morgan fingerprint density at radius 2 is 1.84 bits per heavy atom. The summed E-state index contributed by atoms with van der Waals surface area (Å²) in [6.45, 7) is 4.32. The molecule has 0 fully saturated rings. The molecule has 0 bridgehead atoms. The zero-order chi connectivity index (χ0) is 17.5. The summed E-state index contributed by atoms with van der Waals surface area (Å²) in [6.07, 6.45) is 1.03. The van der Waals surface area contributed by atoms with Crippen LogP contribution in [0.1, 0.15) is 24.7 Å². The van der Waals surface area contributed by atoms with Crippen LogP contribution < -0.4 is 5.32 Å². The summed E-state index contributed by atoms with van der Waals surface area (Å²) in [7, 11) is 1.91. The molecular weight excluding hydrogens is 310 g/mol. The normalized spacial score (nSPS) is 10.5. The molecule has 0 saturated carbocycles. The highest BCUT2D eigenvalue weighted by Gasteiger charge is 2.08. The molecular formula is C21H23N3O. The van der Waals surface area contributed by atoms with Gasteiger partial charge in [0.1, 0.15) is 0 Å². The number of fused-ring (bicyclic) bond motifs is 1. The molecule has 0 atom stereocenters. The van der Waals surface area contributed by atoms with Gasteiger partial charge in [0, 0.05) is 31.5 Å². The lowest BCUT2D eigenvalue weighted by Gasteiger charge is -2.06. The van der Waals surface area contributed by atoms with E-state index in [1.807, 2.05) is 49.5 Å². The third-order valence-corrected chi connectivity index (χ3v) is 3.95. The maximum absolute atomic E-state index is 5.64. The van der Waals surface area contributed by atoms with Gasteiger partial charge in [-0.05, 0) is 48.7 Å². The average molecular weight is 333 g/mol. The van der Waals surface area contributed by atoms with E-state index in [2.05, 4.69) is 39.7 Å². The number of para-hydroxylation sites is 2. The summed E-state index contributed by atoms with van der Waals surface area (Å²) in [6, 6.07) is 16.2. The van der Waals surface area contributed by atoms with E-state index in [0.717, 1.165) is 47.7 Å². The Hall–Kier alpha value is -2.77. The predicted octanol–water partition coefficient (Wildman–Crippen LogP) is 3.90. The number of benzene rings is 2. The fourth-order valence-corrected chi connectivity index (χ4v) is 2.65. The maximum Gasteiger partial charge on any atom is 0.186 e. The van der Waals surface area contributed by atoms with Gasteiger partial charge in [-0.25, -0.2) is 4.98 Å². The number of ether oxygens (including phenoxy) is 1. The molecule has 1 N–H and O–H groups in total. The van der Waals surface area contributed by atoms with Gasteiger partial charge < -0.3 is 14.6 Å². The third-order valence-electron chi connectivity index (χ3n) is 3.95. The molecule has 4 heteroatoms. The van der Waals surface area contributed by atoms with E-state index >= 15 is 0 Å². The van der Waals surface area contributed by atoms with Crippen LogP contribution in [0, 0.1) is 11.8 Å². The van der Waals surface area contributed by atoms with E-state index in [0.29, 0.717) is 6.61 Å². The number of imidazole rings is 1. The number of nitrogens with zero attached hydrogens (tertiary/aromatic N) is 2. The molecule has 0 aliphatic heterocycles. The van der Waals surface area contributed by atoms with Gasteiger partial charge in [0.25, 0.3) is 0 Å². The van der Waals surface area contributed by atoms with Crippen LogP contribution in [0.25, 0.3) is 11.0 Å². The van der Waals surface area contributed by atoms with Crippen molar-refractivity contribution in [1.82, 2.24) is 9.55 Å². The summed E-state index contributed by atoms with van der Waals surface area (Å²) in [5.74, 6) is 7.21. The highest BCUT2D eigenvalue weighted by Crippen LogP contribution is 2.16. The molecule has 3 aromatic rings. The number of hydrogen-bond donors (Lipinski definition) is 1. The Kier molecular flexibility index (Phi) is 5.71. The first kappa shape index (κ1) is 17.1. The number of nitrogens with one attached hydrogen (secondary N) is 1. The minimum absolute atomic E-state index is 0.666. The molecule has 0 unspecified atom stereocenters. The Labute approximate surface area is 148 Å². The summed E-state index contributed by atoms with van der Waals surface area (Å²) < 4.78 is 7.78. The highest BCUT2D eigenvalue weighted by molar-refractivity contribution is 5.76. The molecule has 0 amide bonds. The highest BCUT2D eigenvalue weighted by atomic mass is 16.5. The zero-order valence-electron chi connectivity index (χ0n) is 14.7. The zero-order valence-corrected chi connectivity index (χ0v) is 14.7. The van der Waals surface area contributed by atoms with Crippen molar-refractivity contribution in [1.29, 1.82) is 0 Å². The Morgan fingerprint density at radius 1 is 1.04 bits per heavy atom. The van der Waals surface area contributed by atoms with Crippen LogP contribution in [-0.2, 0) is 11.3 Å². The van der Waals surface area contributed by atoms with Crippen molar-refractivity contribution in [3.63, 3.8) is 0 Å². The van der Waals surface area contributed by atoms with Crippen LogP contribution in [-0.4, -0.2) is 29.8 Å². The lowest BCUT2D eigenvalue weighted by molar-refractivity contribution is 0.127. The van der Waals surface area contributed by atoms with Gasteiger partial charge in [-0.3, -0.25) is 0 Å². The van der Waals surface area contributed by atoms with Gasteiger partial charge in [-0.15, -0.1) is 0 Å². The van der Waals surface area contributed by atoms with Gasteiger partial charge in [-0.1, -0.05) is 25.0 Å². The van der Waals surface area contributed by atoms with E-state index < -0.39 is 0 Å². The van der Waals surface area contributed by atoms with Crippen LogP contribution >= 0.6 is 0 Å². The second-order valence-corrected chi connectivity index (χ2v) is 5.77. The quantitative estimate of drug-likeness (QED) is 0.549. The van der Waals surface area contributed by atoms with Gasteiger partial charge in [-0.2, -0.15) is 0 Å². The van der Waals surface area contributed by atoms with Gasteiger partial charge in [0.15, 0.2) is 5.82 Å². The van der Waals surface area contributed by atoms with Crippen LogP contribution in [0.2, 0.25) is 0 Å². The van der Waals surface area contributed by atoms with Crippen molar-refractivity contribution >= 4 is 16.7 Å². The Bertz CT molecular complexity index is 885. The average Bonchev–Trinajstić information content (AvgIpc) is 3.01. The Morgan fingerprint density at radius 3 is 2.60 bits per heavy atom. The van der Waals surface area contributed by atoms with Crippen molar-refractivity contribution in [3.8, 4) is 11.8 Å². The largest absolute Gasteiger partial charge is 0.388 e. The SMILES string of the molecule is CCCOCCn1c(C#Cc2ccc(NC)cc2)nc2ccccc21. The third kappa shape index (κ3) is 4.20. The molecule has 0 radical (unpaired) electrons. The number of hydrogen-bond acceptors (Lipinski definition) is 3. The second-order valence-electron chi connectivity index (χ2n) is 5.77. The summed E-state index contributed by atoms with van der Waals surface area (Å²) in [5, 5.41) is 3.11. The van der Waals surface area contributed by atoms with Crippen molar-refractivity contribution in [3.05, 3.63) is 59.9 Å². The lowest BCUT2D eigenvalue weighted by Crippen LogP contribution is -2.08. The van der Waals surface area contributed by atoms with Crippen molar-refractivity contribution in [2.45, 2.75) is 19.9 Å². The minimum Gasteiger partial charge on any atom is -0.388 e. The van der Waals surface area contributed by atoms with Crippen LogP contribution in [0.15, 0.2) is 48.5 Å². The van der Waals surface area contributed by atoms with E-state index in [1.54, 1.807) is 0 Å². The fraction of sp³-hybridized carbons (Fsp3) is 0.286. The second kappa shape index (κ2) is 8.36. The molecule has 25 heavy (non-hydrogen) atoms. The van der Waals surface area contributed by atoms with E-state index in [4.69, 9.17) is 4.74 Å². The Balaban J connectivity index is 1.88. The van der Waals surface area contributed by atoms with Crippen molar-refractivity contribution < 1.29 is 4.74 Å². The van der Waals surface area contributed by atoms with Crippen LogP contribution in [0.5, 0.6) is 0 Å². The van der Waals surface area contributed by atoms with Crippen molar-refractivity contribution in [2.24, 2.45) is 0 Å². The summed E-state index contributed by atoms with van der Waals surface area (Å²) >= 11 is 0. The van der Waals surface area contributed by atoms with E-state index in [1.165, 1.54) is 0 Å². The standard InChI is InChI=1S/C21H23N3O/c1-3-15-25-16-14-24-20-7-5-4-6-19(20)23-21(24)13-10-17-8-11-18(22-2)12-9-17/h4-9,11-12,22H,3,14-16H2,1-2H3. The molecule has 1 aromatic heterocycles. The fourth-order valence-electron chi connectivity index (χ4n) is 2.65. The molecule has 0 aliphatic rings. The smallest absolute Gasteiger partial charge is 0.186 e. The van der Waals surface area contributed by atoms with Crippen molar-refractivity contribution in [2.75, 3.05) is 25.6 Å². The van der Waals surface area contributed by atoms with Crippen LogP contribution in [0.3, 0.4) is 0 Å². The molecule has 0 saturated heterocycles. The first-order valence-corrected chi connectivity index (χ1v) is 8.64. The molecule has 128 valence electrons. The lowest BCUT2D eigenvalue weighted by atomic mass is 10.2. The van der Waals surface area contributed by atoms with E-state index in [9.17, 15) is 0 Å².